The zero-order valence-electron chi connectivity index (χ0n) is 26.9. The predicted molar refractivity (Wildman–Crippen MR) is 191 cm³/mol. The molecule has 1 aliphatic rings. The molecule has 1 fully saturated rings. The number of hydrogen-bond donors (Lipinski definition) is 1. The lowest BCUT2D eigenvalue weighted by atomic mass is 9.94. The van der Waals surface area contributed by atoms with Crippen molar-refractivity contribution in [2.45, 2.75) is 75.9 Å². The van der Waals surface area contributed by atoms with E-state index in [0.717, 1.165) is 58.7 Å². The molecule has 47 heavy (non-hydrogen) atoms. The molecule has 9 heteroatoms. The Labute approximate surface area is 287 Å². The first-order valence-electron chi connectivity index (χ1n) is 16.1. The average molecular weight is 717 g/mol. The highest BCUT2D eigenvalue weighted by Gasteiger charge is 2.35. The van der Waals surface area contributed by atoms with E-state index in [9.17, 15) is 18.0 Å². The van der Waals surface area contributed by atoms with Crippen LogP contribution in [0.1, 0.15) is 54.4 Å². The third-order valence-electron chi connectivity index (χ3n) is 8.81. The van der Waals surface area contributed by atoms with Gasteiger partial charge >= 0.3 is 0 Å². The van der Waals surface area contributed by atoms with Gasteiger partial charge in [0, 0.05) is 23.5 Å². The van der Waals surface area contributed by atoms with Gasteiger partial charge in [-0.25, -0.2) is 8.42 Å². The van der Waals surface area contributed by atoms with Crippen LogP contribution in [0.3, 0.4) is 0 Å². The fraction of sp³-hybridized carbons (Fsp3) is 0.316. The Balaban J connectivity index is 1.57. The van der Waals surface area contributed by atoms with Gasteiger partial charge in [0.25, 0.3) is 10.0 Å². The molecule has 1 saturated carbocycles. The number of amides is 2. The topological polar surface area (TPSA) is 86.8 Å². The van der Waals surface area contributed by atoms with E-state index in [1.807, 2.05) is 68.4 Å². The number of hydrogen-bond acceptors (Lipinski definition) is 4. The van der Waals surface area contributed by atoms with Gasteiger partial charge in [-0.3, -0.25) is 13.9 Å². The average Bonchev–Trinajstić information content (AvgIpc) is 3.07. The normalized spacial score (nSPS) is 14.3. The van der Waals surface area contributed by atoms with Crippen molar-refractivity contribution >= 4 is 43.5 Å². The summed E-state index contributed by atoms with van der Waals surface area (Å²) in [6.45, 7) is 3.53. The molecule has 0 saturated heterocycles. The molecule has 5 rings (SSSR count). The molecule has 4 aromatic carbocycles. The number of anilines is 1. The molecule has 1 aliphatic carbocycles. The van der Waals surface area contributed by atoms with Crippen molar-refractivity contribution in [1.82, 2.24) is 10.2 Å². The highest BCUT2D eigenvalue weighted by Crippen LogP contribution is 2.28. The zero-order valence-corrected chi connectivity index (χ0v) is 29.3. The van der Waals surface area contributed by atoms with E-state index in [0.29, 0.717) is 16.6 Å². The monoisotopic (exact) mass is 715 g/mol. The summed E-state index contributed by atoms with van der Waals surface area (Å²) in [5.74, 6) is -0.693. The summed E-state index contributed by atoms with van der Waals surface area (Å²) in [6, 6.07) is 30.1. The van der Waals surface area contributed by atoms with Crippen LogP contribution in [-0.4, -0.2) is 43.8 Å². The molecule has 0 bridgehead atoms. The maximum Gasteiger partial charge on any atom is 0.264 e. The fourth-order valence-corrected chi connectivity index (χ4v) is 7.86. The molecule has 4 aromatic rings. The van der Waals surface area contributed by atoms with Gasteiger partial charge in [0.1, 0.15) is 12.6 Å². The van der Waals surface area contributed by atoms with Crippen molar-refractivity contribution in [3.63, 3.8) is 0 Å². The summed E-state index contributed by atoms with van der Waals surface area (Å²) in [6.07, 6.45) is 5.36. The number of nitrogens with zero attached hydrogens (tertiary/aromatic N) is 2. The second kappa shape index (κ2) is 15.8. The molecule has 0 radical (unpaired) electrons. The highest BCUT2D eigenvalue weighted by atomic mass is 79.9. The van der Waals surface area contributed by atoms with Crippen LogP contribution in [0.2, 0.25) is 0 Å². The first-order chi connectivity index (χ1) is 22.6. The van der Waals surface area contributed by atoms with E-state index in [2.05, 4.69) is 21.2 Å². The summed E-state index contributed by atoms with van der Waals surface area (Å²) in [5.41, 5.74) is 4.05. The predicted octanol–water partition coefficient (Wildman–Crippen LogP) is 7.35. The summed E-state index contributed by atoms with van der Waals surface area (Å²) in [5, 5.41) is 3.26. The van der Waals surface area contributed by atoms with Crippen LogP contribution >= 0.6 is 15.9 Å². The van der Waals surface area contributed by atoms with Gasteiger partial charge in [-0.2, -0.15) is 0 Å². The number of carbonyl (C=O) groups excluding carboxylic acids is 2. The smallest absolute Gasteiger partial charge is 0.264 e. The van der Waals surface area contributed by atoms with E-state index >= 15 is 0 Å². The summed E-state index contributed by atoms with van der Waals surface area (Å²) >= 11 is 3.47. The lowest BCUT2D eigenvalue weighted by molar-refractivity contribution is -0.140. The van der Waals surface area contributed by atoms with Gasteiger partial charge in [-0.1, -0.05) is 114 Å². The molecule has 1 N–H and O–H groups in total. The number of rotatable bonds is 12. The number of carbonyl (C=O) groups is 2. The van der Waals surface area contributed by atoms with Gasteiger partial charge in [-0.05, 0) is 73.7 Å². The summed E-state index contributed by atoms with van der Waals surface area (Å²) < 4.78 is 30.3. The van der Waals surface area contributed by atoms with Gasteiger partial charge in [0.2, 0.25) is 11.8 Å². The molecule has 0 aliphatic heterocycles. The van der Waals surface area contributed by atoms with Crippen LogP contribution in [0.5, 0.6) is 0 Å². The molecule has 1 atom stereocenters. The maximum absolute atomic E-state index is 14.7. The van der Waals surface area contributed by atoms with Crippen LogP contribution in [0.25, 0.3) is 0 Å². The van der Waals surface area contributed by atoms with Gasteiger partial charge < -0.3 is 10.2 Å². The number of aryl methyl sites for hydroxylation is 2. The Morgan fingerprint density at radius 2 is 1.53 bits per heavy atom. The summed E-state index contributed by atoms with van der Waals surface area (Å²) in [4.78, 5) is 30.6. The van der Waals surface area contributed by atoms with Crippen molar-refractivity contribution in [3.05, 3.63) is 130 Å². The van der Waals surface area contributed by atoms with E-state index in [1.165, 1.54) is 0 Å². The number of benzene rings is 4. The molecule has 0 aromatic heterocycles. The molecule has 246 valence electrons. The Kier molecular flexibility index (Phi) is 11.5. The Hall–Kier alpha value is -3.95. The van der Waals surface area contributed by atoms with E-state index in [-0.39, 0.29) is 23.4 Å². The van der Waals surface area contributed by atoms with Gasteiger partial charge in [-0.15, -0.1) is 0 Å². The molecule has 0 spiro atoms. The van der Waals surface area contributed by atoms with Crippen molar-refractivity contribution in [2.75, 3.05) is 10.8 Å². The first-order valence-corrected chi connectivity index (χ1v) is 18.4. The molecule has 0 unspecified atom stereocenters. The zero-order chi connectivity index (χ0) is 33.4. The lowest BCUT2D eigenvalue weighted by Gasteiger charge is -2.35. The molecule has 7 nitrogen and oxygen atoms in total. The standard InChI is InChI=1S/C38H42BrN3O4S/c1-28-20-22-35(23-21-28)47(45,46)42(34-19-11-16-32(39)25-34)27-37(43)41(26-31-15-10-9-12-29(31)2)36(24-30-13-5-3-6-14-30)38(44)40-33-17-7-4-8-18-33/h3,5-6,9-16,19-23,25,33,36H,4,7-8,17-18,24,26-27H2,1-2H3,(H,40,44)/t36-/m0/s1. The minimum absolute atomic E-state index is 0.0463. The van der Waals surface area contributed by atoms with Crippen molar-refractivity contribution in [3.8, 4) is 0 Å². The summed E-state index contributed by atoms with van der Waals surface area (Å²) in [7, 11) is -4.16. The van der Waals surface area contributed by atoms with Crippen molar-refractivity contribution in [2.24, 2.45) is 0 Å². The Morgan fingerprint density at radius 1 is 0.851 bits per heavy atom. The van der Waals surface area contributed by atoms with E-state index < -0.39 is 28.5 Å². The molecular formula is C38H42BrN3O4S. The second-order valence-electron chi connectivity index (χ2n) is 12.3. The van der Waals surface area contributed by atoms with Crippen LogP contribution in [-0.2, 0) is 32.6 Å². The maximum atomic E-state index is 14.7. The first kappa shape index (κ1) is 34.4. The quantitative estimate of drug-likeness (QED) is 0.166. The number of sulfonamides is 1. The number of halogens is 1. The Morgan fingerprint density at radius 3 is 2.21 bits per heavy atom. The lowest BCUT2D eigenvalue weighted by Crippen LogP contribution is -2.55. The molecule has 0 heterocycles. The highest BCUT2D eigenvalue weighted by molar-refractivity contribution is 9.10. The van der Waals surface area contributed by atoms with Crippen LogP contribution in [0.15, 0.2) is 112 Å². The van der Waals surface area contributed by atoms with Crippen molar-refractivity contribution in [1.29, 1.82) is 0 Å². The Bertz CT molecular complexity index is 1770. The minimum atomic E-state index is -4.16. The number of nitrogens with one attached hydrogen (secondary N) is 1. The third-order valence-corrected chi connectivity index (χ3v) is 11.1. The van der Waals surface area contributed by atoms with Crippen LogP contribution in [0.4, 0.5) is 5.69 Å². The fourth-order valence-electron chi connectivity index (χ4n) is 6.07. The van der Waals surface area contributed by atoms with E-state index in [1.54, 1.807) is 53.4 Å². The van der Waals surface area contributed by atoms with E-state index in [4.69, 9.17) is 0 Å². The van der Waals surface area contributed by atoms with Gasteiger partial charge in [0.05, 0.1) is 10.6 Å². The van der Waals surface area contributed by atoms with Crippen molar-refractivity contribution < 1.29 is 18.0 Å². The SMILES string of the molecule is Cc1ccc(S(=O)(=O)N(CC(=O)N(Cc2ccccc2C)[C@@H](Cc2ccccc2)C(=O)NC2CCCCC2)c2cccc(Br)c2)cc1. The van der Waals surface area contributed by atoms with Crippen LogP contribution in [0, 0.1) is 13.8 Å². The molecule has 2 amide bonds. The van der Waals surface area contributed by atoms with Crippen LogP contribution < -0.4 is 9.62 Å². The second-order valence-corrected chi connectivity index (χ2v) is 15.1. The van der Waals surface area contributed by atoms with Gasteiger partial charge in [0.15, 0.2) is 0 Å². The molecular weight excluding hydrogens is 674 g/mol. The third kappa shape index (κ3) is 8.90. The minimum Gasteiger partial charge on any atom is -0.352 e. The largest absolute Gasteiger partial charge is 0.352 e.